The van der Waals surface area contributed by atoms with E-state index in [2.05, 4.69) is 27.4 Å². The highest BCUT2D eigenvalue weighted by atomic mass is 31.1. The van der Waals surface area contributed by atoms with Gasteiger partial charge < -0.3 is 0 Å². The number of carbonyl (C=O) groups excluding carboxylic acids is 1. The van der Waals surface area contributed by atoms with Gasteiger partial charge >= 0.3 is 19.0 Å². The summed E-state index contributed by atoms with van der Waals surface area (Å²) in [4.78, 5) is 12.7. The second-order valence-corrected chi connectivity index (χ2v) is 11.3. The van der Waals surface area contributed by atoms with E-state index in [0.717, 1.165) is 57.8 Å². The molecule has 6 heteroatoms. The number of allylic oxidation sites excluding steroid dienone is 1. The number of unbranched alkanes of at least 4 members (excludes halogenated alkanes) is 15. The van der Waals surface area contributed by atoms with Crippen molar-refractivity contribution in [2.75, 3.05) is 19.8 Å². The summed E-state index contributed by atoms with van der Waals surface area (Å²) in [5.74, 6) is 0. The van der Waals surface area contributed by atoms with E-state index in [-0.39, 0.29) is 5.57 Å². The first-order valence-electron chi connectivity index (χ1n) is 14.5. The zero-order valence-electron chi connectivity index (χ0n) is 23.5. The first-order chi connectivity index (χ1) is 16.9. The molecule has 0 amide bonds. The normalized spacial score (nSPS) is 12.2. The molecule has 5 nitrogen and oxygen atoms in total. The Morgan fingerprint density at radius 2 is 0.886 bits per heavy atom. The fourth-order valence-electron chi connectivity index (χ4n) is 3.85. The molecular formula is C29H56O5P+. The Labute approximate surface area is 217 Å². The third kappa shape index (κ3) is 17.5. The van der Waals surface area contributed by atoms with Gasteiger partial charge in [0.25, 0.3) is 0 Å². The van der Waals surface area contributed by atoms with Gasteiger partial charge in [0, 0.05) is 5.57 Å². The molecule has 0 fully saturated rings. The van der Waals surface area contributed by atoms with Gasteiger partial charge in [-0.15, -0.1) is 0 Å². The van der Waals surface area contributed by atoms with E-state index < -0.39 is 19.0 Å². The maximum absolute atomic E-state index is 13.4. The number of carbonyl (C=O) groups is 1. The van der Waals surface area contributed by atoms with Crippen molar-refractivity contribution >= 4 is 13.3 Å². The van der Waals surface area contributed by atoms with Crippen molar-refractivity contribution in [2.45, 2.75) is 149 Å². The number of rotatable bonds is 27. The highest BCUT2D eigenvalue weighted by molar-refractivity contribution is 7.65. The summed E-state index contributed by atoms with van der Waals surface area (Å²) in [5.41, 5.74) is -2.10. The third-order valence-corrected chi connectivity index (χ3v) is 7.78. The largest absolute Gasteiger partial charge is 0.520 e. The van der Waals surface area contributed by atoms with E-state index in [0.29, 0.717) is 19.8 Å². The molecule has 0 N–H and O–H groups in total. The molecule has 1 unspecified atom stereocenters. The summed E-state index contributed by atoms with van der Waals surface area (Å²) in [7, 11) is -2.57. The van der Waals surface area contributed by atoms with Crippen LogP contribution in [0.15, 0.2) is 12.2 Å². The Bertz CT molecular complexity index is 504. The molecule has 0 radical (unpaired) electrons. The minimum Gasteiger partial charge on any atom is -0.285 e. The molecule has 35 heavy (non-hydrogen) atoms. The summed E-state index contributed by atoms with van der Waals surface area (Å²) < 4.78 is 31.6. The predicted molar refractivity (Wildman–Crippen MR) is 148 cm³/mol. The Morgan fingerprint density at radius 3 is 1.17 bits per heavy atom. The number of hydrogen-bond donors (Lipinski definition) is 0. The SMILES string of the molecule is C=C(C)C(=O)[P+](=O)C(OCCCCCCCC)(OCCCCCCCC)OCCCCCCCC. The van der Waals surface area contributed by atoms with Crippen LogP contribution in [0.2, 0.25) is 0 Å². The smallest absolute Gasteiger partial charge is 0.285 e. The molecular weight excluding hydrogens is 459 g/mol. The number of ether oxygens (including phenoxy) is 3. The van der Waals surface area contributed by atoms with Crippen molar-refractivity contribution in [2.24, 2.45) is 0 Å². The van der Waals surface area contributed by atoms with Gasteiger partial charge in [-0.25, -0.2) is 4.79 Å². The van der Waals surface area contributed by atoms with Crippen LogP contribution in [0.3, 0.4) is 0 Å². The van der Waals surface area contributed by atoms with Gasteiger partial charge in [-0.3, -0.25) is 14.2 Å². The molecule has 0 rings (SSSR count). The molecule has 0 aromatic rings. The molecule has 0 aromatic carbocycles. The Morgan fingerprint density at radius 1 is 0.600 bits per heavy atom. The molecule has 0 aliphatic rings. The molecule has 0 spiro atoms. The topological polar surface area (TPSA) is 61.8 Å². The van der Waals surface area contributed by atoms with Gasteiger partial charge in [-0.05, 0) is 26.2 Å². The molecule has 0 bridgehead atoms. The Hall–Kier alpha value is -0.610. The average Bonchev–Trinajstić information content (AvgIpc) is 2.85. The van der Waals surface area contributed by atoms with Crippen molar-refractivity contribution in [1.82, 2.24) is 0 Å². The average molecular weight is 516 g/mol. The summed E-state index contributed by atoms with van der Waals surface area (Å²) in [6, 6.07) is 0. The van der Waals surface area contributed by atoms with Gasteiger partial charge in [0.05, 0.1) is 19.8 Å². The van der Waals surface area contributed by atoms with Crippen molar-refractivity contribution < 1.29 is 23.6 Å². The summed E-state index contributed by atoms with van der Waals surface area (Å²) >= 11 is 0. The molecule has 1 atom stereocenters. The van der Waals surface area contributed by atoms with Crippen LogP contribution in [0, 0.1) is 0 Å². The van der Waals surface area contributed by atoms with Crippen LogP contribution < -0.4 is 0 Å². The second-order valence-electron chi connectivity index (χ2n) is 9.75. The molecule has 0 aliphatic carbocycles. The van der Waals surface area contributed by atoms with Gasteiger partial charge in [-0.2, -0.15) is 0 Å². The zero-order valence-corrected chi connectivity index (χ0v) is 24.4. The minimum absolute atomic E-state index is 0.241. The molecule has 0 heterocycles. The highest BCUT2D eigenvalue weighted by Crippen LogP contribution is 2.45. The van der Waals surface area contributed by atoms with E-state index in [1.165, 1.54) is 57.8 Å². The van der Waals surface area contributed by atoms with E-state index in [9.17, 15) is 9.36 Å². The van der Waals surface area contributed by atoms with Gasteiger partial charge in [0.2, 0.25) is 0 Å². The van der Waals surface area contributed by atoms with Crippen LogP contribution in [0.5, 0.6) is 0 Å². The van der Waals surface area contributed by atoms with Crippen molar-refractivity contribution in [3.05, 3.63) is 12.2 Å². The van der Waals surface area contributed by atoms with Crippen LogP contribution in [-0.4, -0.2) is 31.1 Å². The lowest BCUT2D eigenvalue weighted by atomic mass is 10.1. The van der Waals surface area contributed by atoms with Gasteiger partial charge in [-0.1, -0.05) is 128 Å². The van der Waals surface area contributed by atoms with Crippen LogP contribution >= 0.6 is 7.80 Å². The monoisotopic (exact) mass is 515 g/mol. The Balaban J connectivity index is 5.10. The molecule has 0 aliphatic heterocycles. The quantitative estimate of drug-likeness (QED) is 0.0471. The van der Waals surface area contributed by atoms with Gasteiger partial charge in [0.15, 0.2) is 0 Å². The van der Waals surface area contributed by atoms with Crippen LogP contribution in [0.25, 0.3) is 0 Å². The molecule has 206 valence electrons. The fraction of sp³-hybridized carbons (Fsp3) is 0.897. The van der Waals surface area contributed by atoms with E-state index in [4.69, 9.17) is 14.2 Å². The third-order valence-electron chi connectivity index (χ3n) is 6.15. The second kappa shape index (κ2) is 23.8. The van der Waals surface area contributed by atoms with E-state index in [1.54, 1.807) is 6.92 Å². The first kappa shape index (κ1) is 34.4. The lowest BCUT2D eigenvalue weighted by Gasteiger charge is -2.23. The first-order valence-corrected chi connectivity index (χ1v) is 15.8. The predicted octanol–water partition coefficient (Wildman–Crippen LogP) is 9.66. The standard InChI is InChI=1S/C29H56O5P/c1-6-9-12-15-18-21-24-32-29(35(31)28(30)27(4)5,33-25-22-19-16-13-10-7-2)34-26-23-20-17-14-11-8-3/h4,6-26H2,1-3,5H3/q+1. The lowest BCUT2D eigenvalue weighted by Crippen LogP contribution is -2.38. The highest BCUT2D eigenvalue weighted by Gasteiger charge is 2.60. The molecule has 0 aromatic heterocycles. The molecule has 0 saturated heterocycles. The van der Waals surface area contributed by atoms with Crippen LogP contribution in [0.1, 0.15) is 143 Å². The van der Waals surface area contributed by atoms with E-state index >= 15 is 0 Å². The van der Waals surface area contributed by atoms with Crippen molar-refractivity contribution in [3.8, 4) is 0 Å². The van der Waals surface area contributed by atoms with Crippen molar-refractivity contribution in [1.29, 1.82) is 0 Å². The van der Waals surface area contributed by atoms with Crippen molar-refractivity contribution in [3.63, 3.8) is 0 Å². The summed E-state index contributed by atoms with van der Waals surface area (Å²) in [6.45, 7) is 13.0. The molecule has 0 saturated carbocycles. The summed E-state index contributed by atoms with van der Waals surface area (Å²) in [5, 5.41) is 0. The Kier molecular flexibility index (Phi) is 23.4. The summed E-state index contributed by atoms with van der Waals surface area (Å²) in [6.07, 6.45) is 20.1. The van der Waals surface area contributed by atoms with Crippen LogP contribution in [-0.2, 0) is 23.6 Å². The number of hydrogen-bond acceptors (Lipinski definition) is 5. The van der Waals surface area contributed by atoms with E-state index in [1.807, 2.05) is 0 Å². The maximum atomic E-state index is 13.4. The lowest BCUT2D eigenvalue weighted by molar-refractivity contribution is -0.323. The van der Waals surface area contributed by atoms with Gasteiger partial charge in [0.1, 0.15) is 0 Å². The maximum Gasteiger partial charge on any atom is 0.520 e. The van der Waals surface area contributed by atoms with Crippen LogP contribution in [0.4, 0.5) is 0 Å². The zero-order chi connectivity index (χ0) is 26.2. The minimum atomic E-state index is -2.57. The fourth-order valence-corrected chi connectivity index (χ4v) is 5.07.